The van der Waals surface area contributed by atoms with Gasteiger partial charge >= 0.3 is 5.97 Å². The van der Waals surface area contributed by atoms with Gasteiger partial charge in [-0.15, -0.1) is 10.2 Å². The van der Waals surface area contributed by atoms with E-state index in [9.17, 15) is 9.90 Å². The maximum Gasteiger partial charge on any atom is 0.335 e. The Labute approximate surface area is 179 Å². The number of pyridine rings is 1. The third kappa shape index (κ3) is 5.23. The third-order valence-corrected chi connectivity index (χ3v) is 5.23. The molecule has 2 aromatic heterocycles. The van der Waals surface area contributed by atoms with Crippen molar-refractivity contribution in [2.45, 2.75) is 18.4 Å². The molecule has 0 aliphatic carbocycles. The van der Waals surface area contributed by atoms with Crippen LogP contribution < -0.4 is 5.32 Å². The Kier molecular flexibility index (Phi) is 6.93. The van der Waals surface area contributed by atoms with Crippen LogP contribution in [0.5, 0.6) is 0 Å². The average Bonchev–Trinajstić information content (AvgIpc) is 3.28. The first-order valence-corrected chi connectivity index (χ1v) is 9.69. The van der Waals surface area contributed by atoms with Gasteiger partial charge in [-0.3, -0.25) is 9.78 Å². The van der Waals surface area contributed by atoms with Crippen LogP contribution in [0, 0.1) is 0 Å². The van der Waals surface area contributed by atoms with Crippen LogP contribution in [0.1, 0.15) is 29.0 Å². The van der Waals surface area contributed by atoms with Gasteiger partial charge in [-0.1, -0.05) is 6.07 Å². The molecular weight excluding hydrogens is 400 g/mol. The Morgan fingerprint density at radius 1 is 1.19 bits per heavy atom. The number of nitrogens with one attached hydrogen (secondary N) is 2. The normalized spacial score (nSPS) is 15.4. The van der Waals surface area contributed by atoms with Crippen LogP contribution in [-0.4, -0.2) is 67.9 Å². The molecular formula is C21H24N6O4. The zero-order chi connectivity index (χ0) is 22.3. The number of carbonyl (C=O) groups is 2. The molecule has 1 fully saturated rings. The van der Waals surface area contributed by atoms with E-state index in [1.807, 2.05) is 18.2 Å². The summed E-state index contributed by atoms with van der Waals surface area (Å²) in [6.07, 6.45) is 5.09. The fraction of sp³-hybridized carbons (Fsp3) is 0.286. The molecule has 162 valence electrons. The van der Waals surface area contributed by atoms with Crippen molar-refractivity contribution in [1.29, 1.82) is 0 Å². The summed E-state index contributed by atoms with van der Waals surface area (Å²) >= 11 is 0. The predicted molar refractivity (Wildman–Crippen MR) is 114 cm³/mol. The quantitative estimate of drug-likeness (QED) is 0.453. The summed E-state index contributed by atoms with van der Waals surface area (Å²) in [4.78, 5) is 29.4. The number of likely N-dealkylation sites (tertiary alicyclic amines) is 1. The number of carboxylic acid groups (broad SMARTS) is 2. The summed E-state index contributed by atoms with van der Waals surface area (Å²) in [5.74, 6) is 0.505. The number of piperidine rings is 1. The van der Waals surface area contributed by atoms with E-state index >= 15 is 0 Å². The topological polar surface area (TPSA) is 144 Å². The molecule has 0 amide bonds. The first kappa shape index (κ1) is 21.9. The number of hydrogen-bond donors (Lipinski definition) is 4. The highest BCUT2D eigenvalue weighted by atomic mass is 16.4. The Balaban J connectivity index is 0.000000858. The second kappa shape index (κ2) is 9.81. The lowest BCUT2D eigenvalue weighted by Crippen LogP contribution is -2.46. The van der Waals surface area contributed by atoms with Crippen LogP contribution in [0.3, 0.4) is 0 Å². The summed E-state index contributed by atoms with van der Waals surface area (Å²) in [5.41, 5.74) is 1.49. The zero-order valence-corrected chi connectivity index (χ0v) is 17.0. The highest BCUT2D eigenvalue weighted by Gasteiger charge is 2.38. The SMILES string of the molecule is CN1CCC(Nc2cccc(C(=O)O)c2)(c2nnc(-c3ccncc3)[nH]2)CC1.O=CO. The molecule has 10 heteroatoms. The number of aromatic nitrogens is 4. The largest absolute Gasteiger partial charge is 0.483 e. The summed E-state index contributed by atoms with van der Waals surface area (Å²) in [5, 5.41) is 28.5. The summed E-state index contributed by atoms with van der Waals surface area (Å²) < 4.78 is 0. The third-order valence-electron chi connectivity index (χ3n) is 5.23. The molecule has 4 N–H and O–H groups in total. The fourth-order valence-corrected chi connectivity index (χ4v) is 3.54. The van der Waals surface area contributed by atoms with E-state index in [-0.39, 0.29) is 12.0 Å². The highest BCUT2D eigenvalue weighted by Crippen LogP contribution is 2.35. The average molecular weight is 424 g/mol. The number of aromatic amines is 1. The van der Waals surface area contributed by atoms with Crippen LogP contribution in [0.2, 0.25) is 0 Å². The number of benzene rings is 1. The molecule has 31 heavy (non-hydrogen) atoms. The van der Waals surface area contributed by atoms with E-state index in [1.165, 1.54) is 0 Å². The second-order valence-electron chi connectivity index (χ2n) is 7.26. The minimum absolute atomic E-state index is 0.250. The van der Waals surface area contributed by atoms with Crippen molar-refractivity contribution in [2.24, 2.45) is 0 Å². The number of H-pyrrole nitrogens is 1. The van der Waals surface area contributed by atoms with Crippen molar-refractivity contribution in [3.8, 4) is 11.4 Å². The summed E-state index contributed by atoms with van der Waals surface area (Å²) in [6.45, 7) is 1.55. The van der Waals surface area contributed by atoms with Crippen LogP contribution >= 0.6 is 0 Å². The number of hydrogen-bond acceptors (Lipinski definition) is 7. The Bertz CT molecular complexity index is 1020. The maximum atomic E-state index is 11.3. The standard InChI is InChI=1S/C20H22N6O2.CH2O2/c1-26-11-7-20(8-12-26,23-16-4-2-3-15(13-16)18(27)28)19-22-17(24-25-19)14-5-9-21-10-6-14;2-1-3/h2-6,9-10,13,23H,7-8,11-12H2,1H3,(H,27,28)(H,22,24,25);1H,(H,2,3). The molecule has 1 aromatic carbocycles. The predicted octanol–water partition coefficient (Wildman–Crippen LogP) is 2.30. The van der Waals surface area contributed by atoms with E-state index in [4.69, 9.17) is 9.90 Å². The van der Waals surface area contributed by atoms with Crippen molar-refractivity contribution < 1.29 is 19.8 Å². The van der Waals surface area contributed by atoms with Crippen LogP contribution in [-0.2, 0) is 10.3 Å². The molecule has 0 atom stereocenters. The van der Waals surface area contributed by atoms with E-state index < -0.39 is 11.5 Å². The molecule has 0 spiro atoms. The summed E-state index contributed by atoms with van der Waals surface area (Å²) in [7, 11) is 2.09. The molecule has 0 saturated carbocycles. The van der Waals surface area contributed by atoms with Crippen LogP contribution in [0.15, 0.2) is 48.8 Å². The first-order chi connectivity index (χ1) is 15.0. The lowest BCUT2D eigenvalue weighted by molar-refractivity contribution is -0.122. The van der Waals surface area contributed by atoms with Gasteiger partial charge < -0.3 is 25.4 Å². The monoisotopic (exact) mass is 424 g/mol. The lowest BCUT2D eigenvalue weighted by Gasteiger charge is -2.40. The number of aromatic carboxylic acids is 1. The van der Waals surface area contributed by atoms with Crippen molar-refractivity contribution in [2.75, 3.05) is 25.5 Å². The van der Waals surface area contributed by atoms with Gasteiger partial charge in [0.05, 0.1) is 11.1 Å². The van der Waals surface area contributed by atoms with Gasteiger partial charge in [0.2, 0.25) is 0 Å². The molecule has 0 radical (unpaired) electrons. The van der Waals surface area contributed by atoms with Crippen LogP contribution in [0.4, 0.5) is 5.69 Å². The molecule has 0 unspecified atom stereocenters. The Hall–Kier alpha value is -3.79. The molecule has 1 aliphatic rings. The first-order valence-electron chi connectivity index (χ1n) is 9.69. The number of anilines is 1. The van der Waals surface area contributed by atoms with E-state index in [1.54, 1.807) is 30.6 Å². The van der Waals surface area contributed by atoms with Gasteiger partial charge in [0.25, 0.3) is 6.47 Å². The lowest BCUT2D eigenvalue weighted by atomic mass is 9.86. The summed E-state index contributed by atoms with van der Waals surface area (Å²) in [6, 6.07) is 10.6. The van der Waals surface area contributed by atoms with Gasteiger partial charge in [-0.2, -0.15) is 0 Å². The Morgan fingerprint density at radius 2 is 1.87 bits per heavy atom. The smallest absolute Gasteiger partial charge is 0.335 e. The molecule has 1 saturated heterocycles. The van der Waals surface area contributed by atoms with Crippen molar-refractivity contribution >= 4 is 18.1 Å². The maximum absolute atomic E-state index is 11.3. The minimum Gasteiger partial charge on any atom is -0.483 e. The zero-order valence-electron chi connectivity index (χ0n) is 17.0. The molecule has 3 aromatic rings. The van der Waals surface area contributed by atoms with Crippen LogP contribution in [0.25, 0.3) is 11.4 Å². The fourth-order valence-electron chi connectivity index (χ4n) is 3.54. The van der Waals surface area contributed by atoms with Crippen molar-refractivity contribution in [3.05, 3.63) is 60.2 Å². The van der Waals surface area contributed by atoms with E-state index in [2.05, 4.69) is 37.4 Å². The number of rotatable bonds is 5. The number of carboxylic acids is 1. The Morgan fingerprint density at radius 3 is 2.52 bits per heavy atom. The second-order valence-corrected chi connectivity index (χ2v) is 7.26. The highest BCUT2D eigenvalue weighted by molar-refractivity contribution is 5.88. The molecule has 3 heterocycles. The van der Waals surface area contributed by atoms with E-state index in [0.29, 0.717) is 5.82 Å². The van der Waals surface area contributed by atoms with E-state index in [0.717, 1.165) is 43.0 Å². The molecule has 0 bridgehead atoms. The van der Waals surface area contributed by atoms with Crippen molar-refractivity contribution in [3.63, 3.8) is 0 Å². The van der Waals surface area contributed by atoms with Gasteiger partial charge in [-0.05, 0) is 50.2 Å². The molecule has 4 rings (SSSR count). The van der Waals surface area contributed by atoms with Gasteiger partial charge in [0.1, 0.15) is 0 Å². The number of nitrogens with zero attached hydrogens (tertiary/aromatic N) is 4. The van der Waals surface area contributed by atoms with Gasteiger partial charge in [0.15, 0.2) is 11.6 Å². The van der Waals surface area contributed by atoms with Crippen molar-refractivity contribution in [1.82, 2.24) is 25.1 Å². The molecule has 10 nitrogen and oxygen atoms in total. The van der Waals surface area contributed by atoms with Gasteiger partial charge in [0, 0.05) is 36.7 Å². The van der Waals surface area contributed by atoms with Gasteiger partial charge in [-0.25, -0.2) is 4.79 Å². The molecule has 1 aliphatic heterocycles. The minimum atomic E-state index is -0.944.